The van der Waals surface area contributed by atoms with Crippen LogP contribution in [0.1, 0.15) is 27.0 Å². The molecule has 3 heteroatoms. The molecule has 0 fully saturated rings. The van der Waals surface area contributed by atoms with E-state index in [4.69, 9.17) is 0 Å². The maximum Gasteiger partial charge on any atom is 0.257 e. The Morgan fingerprint density at radius 2 is 1.65 bits per heavy atom. The van der Waals surface area contributed by atoms with Crippen LogP contribution in [0.25, 0.3) is 0 Å². The lowest BCUT2D eigenvalue weighted by molar-refractivity contribution is 0.102. The van der Waals surface area contributed by atoms with Gasteiger partial charge in [-0.25, -0.2) is 0 Å². The summed E-state index contributed by atoms with van der Waals surface area (Å²) in [5.41, 5.74) is 5.64. The first-order chi connectivity index (χ1) is 9.52. The Morgan fingerprint density at radius 1 is 1.00 bits per heavy atom. The second-order valence-corrected chi connectivity index (χ2v) is 5.02. The van der Waals surface area contributed by atoms with Gasteiger partial charge in [0.1, 0.15) is 0 Å². The highest BCUT2D eigenvalue weighted by atomic mass is 16.1. The van der Waals surface area contributed by atoms with Gasteiger partial charge in [-0.1, -0.05) is 24.3 Å². The second-order valence-electron chi connectivity index (χ2n) is 5.02. The number of carbonyl (C=O) groups excluding carboxylic acids is 1. The molecular weight excluding hydrogens is 248 g/mol. The summed E-state index contributed by atoms with van der Waals surface area (Å²) in [4.78, 5) is 12.5. The number of nitrogens with one attached hydrogen (secondary N) is 2. The van der Waals surface area contributed by atoms with Crippen molar-refractivity contribution in [3.8, 4) is 0 Å². The Labute approximate surface area is 120 Å². The fourth-order valence-corrected chi connectivity index (χ4v) is 2.26. The van der Waals surface area contributed by atoms with Crippen LogP contribution < -0.4 is 10.6 Å². The zero-order valence-corrected chi connectivity index (χ0v) is 12.4. The van der Waals surface area contributed by atoms with Crippen molar-refractivity contribution in [1.29, 1.82) is 0 Å². The molecule has 0 bridgehead atoms. The monoisotopic (exact) mass is 268 g/mol. The summed E-state index contributed by atoms with van der Waals surface area (Å²) in [7, 11) is 1.82. The molecule has 0 heterocycles. The Balaban J connectivity index is 2.33. The smallest absolute Gasteiger partial charge is 0.257 e. The third-order valence-electron chi connectivity index (χ3n) is 3.41. The molecule has 0 aliphatic heterocycles. The maximum atomic E-state index is 12.5. The number of aryl methyl sites for hydroxylation is 3. The van der Waals surface area contributed by atoms with Crippen molar-refractivity contribution in [1.82, 2.24) is 0 Å². The molecule has 20 heavy (non-hydrogen) atoms. The first-order valence-electron chi connectivity index (χ1n) is 6.69. The molecule has 0 saturated carbocycles. The third kappa shape index (κ3) is 2.82. The fraction of sp³-hybridized carbons (Fsp3) is 0.235. The first-order valence-corrected chi connectivity index (χ1v) is 6.69. The number of anilines is 2. The van der Waals surface area contributed by atoms with Crippen LogP contribution in [0.4, 0.5) is 11.4 Å². The van der Waals surface area contributed by atoms with Crippen LogP contribution in [0.5, 0.6) is 0 Å². The number of hydrogen-bond donors (Lipinski definition) is 2. The van der Waals surface area contributed by atoms with Gasteiger partial charge in [0.2, 0.25) is 0 Å². The van der Waals surface area contributed by atoms with Gasteiger partial charge in [-0.05, 0) is 49.6 Å². The number of hydrogen-bond acceptors (Lipinski definition) is 2. The Hall–Kier alpha value is -2.29. The van der Waals surface area contributed by atoms with E-state index in [9.17, 15) is 4.79 Å². The molecule has 0 radical (unpaired) electrons. The largest absolute Gasteiger partial charge is 0.387 e. The van der Waals surface area contributed by atoms with Crippen LogP contribution in [-0.2, 0) is 0 Å². The summed E-state index contributed by atoms with van der Waals surface area (Å²) in [6.45, 7) is 6.00. The lowest BCUT2D eigenvalue weighted by atomic mass is 10.1. The molecule has 0 saturated heterocycles. The van der Waals surface area contributed by atoms with Crippen molar-refractivity contribution < 1.29 is 4.79 Å². The second kappa shape index (κ2) is 5.78. The number of carbonyl (C=O) groups is 1. The SMILES string of the molecule is CNc1cc(C)ccc1C(=O)Nc1c(C)cccc1C. The average molecular weight is 268 g/mol. The summed E-state index contributed by atoms with van der Waals surface area (Å²) in [5.74, 6) is -0.0910. The highest BCUT2D eigenvalue weighted by molar-refractivity contribution is 6.08. The topological polar surface area (TPSA) is 41.1 Å². The molecule has 3 nitrogen and oxygen atoms in total. The van der Waals surface area contributed by atoms with E-state index in [0.717, 1.165) is 28.1 Å². The van der Waals surface area contributed by atoms with Crippen molar-refractivity contribution >= 4 is 17.3 Å². The number of rotatable bonds is 3. The summed E-state index contributed by atoms with van der Waals surface area (Å²) in [6.07, 6.45) is 0. The van der Waals surface area contributed by atoms with Crippen molar-refractivity contribution in [2.24, 2.45) is 0 Å². The van der Waals surface area contributed by atoms with Crippen LogP contribution in [0.2, 0.25) is 0 Å². The van der Waals surface area contributed by atoms with E-state index in [1.807, 2.05) is 64.2 Å². The van der Waals surface area contributed by atoms with Crippen molar-refractivity contribution in [2.75, 3.05) is 17.7 Å². The van der Waals surface area contributed by atoms with Gasteiger partial charge in [0.25, 0.3) is 5.91 Å². The molecule has 0 aliphatic carbocycles. The minimum absolute atomic E-state index is 0.0910. The lowest BCUT2D eigenvalue weighted by Crippen LogP contribution is -2.15. The normalized spacial score (nSPS) is 10.2. The first kappa shape index (κ1) is 14.1. The third-order valence-corrected chi connectivity index (χ3v) is 3.41. The Bertz CT molecular complexity index is 627. The summed E-state index contributed by atoms with van der Waals surface area (Å²) < 4.78 is 0. The highest BCUT2D eigenvalue weighted by Crippen LogP contribution is 2.23. The molecule has 104 valence electrons. The lowest BCUT2D eigenvalue weighted by Gasteiger charge is -2.14. The van der Waals surface area contributed by atoms with Gasteiger partial charge in [0, 0.05) is 18.4 Å². The molecule has 0 aliphatic rings. The fourth-order valence-electron chi connectivity index (χ4n) is 2.26. The standard InChI is InChI=1S/C17H20N2O/c1-11-8-9-14(15(10-11)18-4)17(20)19-16-12(2)6-5-7-13(16)3/h5-10,18H,1-4H3,(H,19,20). The molecule has 0 unspecified atom stereocenters. The van der Waals surface area contributed by atoms with Gasteiger partial charge in [0.15, 0.2) is 0 Å². The predicted molar refractivity (Wildman–Crippen MR) is 84.6 cm³/mol. The van der Waals surface area contributed by atoms with Crippen LogP contribution in [0, 0.1) is 20.8 Å². The number of benzene rings is 2. The summed E-state index contributed by atoms with van der Waals surface area (Å²) in [5, 5.41) is 6.08. The minimum Gasteiger partial charge on any atom is -0.387 e. The van der Waals surface area contributed by atoms with Crippen LogP contribution in [-0.4, -0.2) is 13.0 Å². The molecule has 2 N–H and O–H groups in total. The van der Waals surface area contributed by atoms with Gasteiger partial charge in [-0.15, -0.1) is 0 Å². The molecule has 1 amide bonds. The van der Waals surface area contributed by atoms with Crippen molar-refractivity contribution in [3.63, 3.8) is 0 Å². The van der Waals surface area contributed by atoms with Crippen molar-refractivity contribution in [3.05, 3.63) is 58.7 Å². The molecule has 0 aromatic heterocycles. The van der Waals surface area contributed by atoms with E-state index >= 15 is 0 Å². The Kier molecular flexibility index (Phi) is 4.08. The van der Waals surface area contributed by atoms with Gasteiger partial charge in [0.05, 0.1) is 5.56 Å². The van der Waals surface area contributed by atoms with E-state index in [1.165, 1.54) is 0 Å². The van der Waals surface area contributed by atoms with Gasteiger partial charge in [-0.2, -0.15) is 0 Å². The van der Waals surface area contributed by atoms with E-state index in [-0.39, 0.29) is 5.91 Å². The number of amides is 1. The molecule has 2 rings (SSSR count). The zero-order chi connectivity index (χ0) is 14.7. The van der Waals surface area contributed by atoms with Crippen LogP contribution in [0.3, 0.4) is 0 Å². The number of para-hydroxylation sites is 1. The molecule has 2 aromatic rings. The van der Waals surface area contributed by atoms with Gasteiger partial charge >= 0.3 is 0 Å². The Morgan fingerprint density at radius 3 is 2.25 bits per heavy atom. The van der Waals surface area contributed by atoms with E-state index in [0.29, 0.717) is 5.56 Å². The van der Waals surface area contributed by atoms with Crippen LogP contribution >= 0.6 is 0 Å². The van der Waals surface area contributed by atoms with E-state index < -0.39 is 0 Å². The quantitative estimate of drug-likeness (QED) is 0.886. The average Bonchev–Trinajstić information content (AvgIpc) is 2.42. The predicted octanol–water partition coefficient (Wildman–Crippen LogP) is 3.91. The minimum atomic E-state index is -0.0910. The van der Waals surface area contributed by atoms with Gasteiger partial charge < -0.3 is 10.6 Å². The molecule has 2 aromatic carbocycles. The highest BCUT2D eigenvalue weighted by Gasteiger charge is 2.13. The molecular formula is C17H20N2O. The molecule has 0 spiro atoms. The van der Waals surface area contributed by atoms with E-state index in [2.05, 4.69) is 10.6 Å². The molecule has 0 atom stereocenters. The van der Waals surface area contributed by atoms with Crippen LogP contribution in [0.15, 0.2) is 36.4 Å². The summed E-state index contributed by atoms with van der Waals surface area (Å²) >= 11 is 0. The zero-order valence-electron chi connectivity index (χ0n) is 12.4. The van der Waals surface area contributed by atoms with E-state index in [1.54, 1.807) is 0 Å². The summed E-state index contributed by atoms with van der Waals surface area (Å²) in [6, 6.07) is 11.8. The maximum absolute atomic E-state index is 12.5. The van der Waals surface area contributed by atoms with Gasteiger partial charge in [-0.3, -0.25) is 4.79 Å². The van der Waals surface area contributed by atoms with Crippen molar-refractivity contribution in [2.45, 2.75) is 20.8 Å².